The molecule has 0 unspecified atom stereocenters. The van der Waals surface area contributed by atoms with Crippen molar-refractivity contribution >= 4 is 24.2 Å². The Kier molecular flexibility index (Phi) is 8.93. The molecule has 1 N–H and O–H groups in total. The van der Waals surface area contributed by atoms with E-state index in [0.29, 0.717) is 23.6 Å². The maximum atomic E-state index is 12.7. The normalized spacial score (nSPS) is 14.8. The lowest BCUT2D eigenvalue weighted by Gasteiger charge is -2.32. The van der Waals surface area contributed by atoms with E-state index in [1.165, 1.54) is 0 Å². The standard InChI is InChI=1S/C19H29N3O2.ClH/c1-4-20-14-15-9-11-22(12-10-15)19(24)17-8-6-7-16(13-17)18(23)21(3)5-2;/h6-8,13,15,20H,4-5,9-12,14H2,1-3H3;1H. The van der Waals surface area contributed by atoms with Crippen LogP contribution < -0.4 is 5.32 Å². The van der Waals surface area contributed by atoms with Crippen molar-refractivity contribution in [2.75, 3.05) is 39.8 Å². The number of likely N-dealkylation sites (tertiary alicyclic amines) is 1. The minimum Gasteiger partial charge on any atom is -0.342 e. The quantitative estimate of drug-likeness (QED) is 0.841. The molecule has 0 spiro atoms. The number of carbonyl (C=O) groups excluding carboxylic acids is 2. The minimum absolute atomic E-state index is 0. The highest BCUT2D eigenvalue weighted by Crippen LogP contribution is 2.19. The van der Waals surface area contributed by atoms with E-state index in [1.54, 1.807) is 36.2 Å². The summed E-state index contributed by atoms with van der Waals surface area (Å²) in [5, 5.41) is 3.38. The average Bonchev–Trinajstić information content (AvgIpc) is 2.65. The number of rotatable bonds is 6. The highest BCUT2D eigenvalue weighted by Gasteiger charge is 2.24. The first-order valence-electron chi connectivity index (χ1n) is 8.92. The van der Waals surface area contributed by atoms with Crippen LogP contribution in [0.4, 0.5) is 0 Å². The predicted octanol–water partition coefficient (Wildman–Crippen LogP) is 2.66. The number of halogens is 1. The fourth-order valence-corrected chi connectivity index (χ4v) is 3.02. The van der Waals surface area contributed by atoms with Crippen LogP contribution in [0.5, 0.6) is 0 Å². The molecule has 1 aliphatic rings. The third-order valence-corrected chi connectivity index (χ3v) is 4.76. The van der Waals surface area contributed by atoms with E-state index in [2.05, 4.69) is 12.2 Å². The van der Waals surface area contributed by atoms with Gasteiger partial charge < -0.3 is 15.1 Å². The number of hydrogen-bond donors (Lipinski definition) is 1. The van der Waals surface area contributed by atoms with Gasteiger partial charge in [-0.3, -0.25) is 9.59 Å². The van der Waals surface area contributed by atoms with Crippen LogP contribution in [-0.4, -0.2) is 61.4 Å². The number of piperidine rings is 1. The molecular formula is C19H30ClN3O2. The van der Waals surface area contributed by atoms with E-state index >= 15 is 0 Å². The molecular weight excluding hydrogens is 338 g/mol. The molecule has 6 heteroatoms. The molecule has 1 aromatic rings. The van der Waals surface area contributed by atoms with Gasteiger partial charge in [-0.25, -0.2) is 0 Å². The largest absolute Gasteiger partial charge is 0.342 e. The summed E-state index contributed by atoms with van der Waals surface area (Å²) in [6.45, 7) is 8.31. The molecule has 0 bridgehead atoms. The Balaban J connectivity index is 0.00000312. The average molecular weight is 368 g/mol. The van der Waals surface area contributed by atoms with E-state index in [9.17, 15) is 9.59 Å². The first-order valence-corrected chi connectivity index (χ1v) is 8.92. The van der Waals surface area contributed by atoms with E-state index < -0.39 is 0 Å². The molecule has 0 aromatic heterocycles. The lowest BCUT2D eigenvalue weighted by molar-refractivity contribution is 0.0690. The monoisotopic (exact) mass is 367 g/mol. The number of benzene rings is 1. The van der Waals surface area contributed by atoms with Gasteiger partial charge in [-0.2, -0.15) is 0 Å². The van der Waals surface area contributed by atoms with Crippen molar-refractivity contribution in [1.82, 2.24) is 15.1 Å². The number of hydrogen-bond acceptors (Lipinski definition) is 3. The van der Waals surface area contributed by atoms with Crippen molar-refractivity contribution in [2.45, 2.75) is 26.7 Å². The zero-order chi connectivity index (χ0) is 17.5. The predicted molar refractivity (Wildman–Crippen MR) is 103 cm³/mol. The molecule has 5 nitrogen and oxygen atoms in total. The summed E-state index contributed by atoms with van der Waals surface area (Å²) < 4.78 is 0. The summed E-state index contributed by atoms with van der Waals surface area (Å²) in [6, 6.07) is 7.09. The summed E-state index contributed by atoms with van der Waals surface area (Å²) in [5.74, 6) is 0.641. The minimum atomic E-state index is -0.0449. The number of carbonyl (C=O) groups is 2. The highest BCUT2D eigenvalue weighted by molar-refractivity contribution is 5.99. The van der Waals surface area contributed by atoms with Gasteiger partial charge >= 0.3 is 0 Å². The summed E-state index contributed by atoms with van der Waals surface area (Å²) in [4.78, 5) is 28.5. The van der Waals surface area contributed by atoms with Crippen LogP contribution in [0.25, 0.3) is 0 Å². The maximum Gasteiger partial charge on any atom is 0.253 e. The van der Waals surface area contributed by atoms with Crippen molar-refractivity contribution in [3.63, 3.8) is 0 Å². The molecule has 1 aliphatic heterocycles. The first-order chi connectivity index (χ1) is 11.6. The van der Waals surface area contributed by atoms with Gasteiger partial charge in [-0.1, -0.05) is 13.0 Å². The zero-order valence-corrected chi connectivity index (χ0v) is 16.3. The smallest absolute Gasteiger partial charge is 0.253 e. The van der Waals surface area contributed by atoms with Crippen LogP contribution in [0.2, 0.25) is 0 Å². The van der Waals surface area contributed by atoms with E-state index in [1.807, 2.05) is 11.8 Å². The second kappa shape index (κ2) is 10.4. The molecule has 0 radical (unpaired) electrons. The lowest BCUT2D eigenvalue weighted by Crippen LogP contribution is -2.40. The summed E-state index contributed by atoms with van der Waals surface area (Å²) in [7, 11) is 1.77. The molecule has 140 valence electrons. The van der Waals surface area contributed by atoms with Crippen LogP contribution in [0, 0.1) is 5.92 Å². The second-order valence-electron chi connectivity index (χ2n) is 6.44. The highest BCUT2D eigenvalue weighted by atomic mass is 35.5. The summed E-state index contributed by atoms with van der Waals surface area (Å²) >= 11 is 0. The molecule has 0 saturated carbocycles. The topological polar surface area (TPSA) is 52.7 Å². The Labute approximate surface area is 157 Å². The van der Waals surface area contributed by atoms with Gasteiger partial charge in [0.05, 0.1) is 0 Å². The van der Waals surface area contributed by atoms with Crippen LogP contribution in [0.3, 0.4) is 0 Å². The van der Waals surface area contributed by atoms with Crippen LogP contribution >= 0.6 is 12.4 Å². The molecule has 0 atom stereocenters. The number of nitrogens with one attached hydrogen (secondary N) is 1. The van der Waals surface area contributed by atoms with Crippen molar-refractivity contribution in [3.05, 3.63) is 35.4 Å². The Bertz CT molecular complexity index is 572. The van der Waals surface area contributed by atoms with E-state index in [-0.39, 0.29) is 24.2 Å². The zero-order valence-electron chi connectivity index (χ0n) is 15.5. The van der Waals surface area contributed by atoms with E-state index in [4.69, 9.17) is 0 Å². The Morgan fingerprint density at radius 2 is 1.84 bits per heavy atom. The second-order valence-corrected chi connectivity index (χ2v) is 6.44. The SMILES string of the molecule is CCNCC1CCN(C(=O)c2cccc(C(=O)N(C)CC)c2)CC1.Cl. The van der Waals surface area contributed by atoms with Crippen molar-refractivity contribution < 1.29 is 9.59 Å². The first kappa shape index (κ1) is 21.5. The fourth-order valence-electron chi connectivity index (χ4n) is 3.02. The summed E-state index contributed by atoms with van der Waals surface area (Å²) in [5.41, 5.74) is 1.18. The van der Waals surface area contributed by atoms with Crippen LogP contribution in [-0.2, 0) is 0 Å². The van der Waals surface area contributed by atoms with Gasteiger partial charge in [0.1, 0.15) is 0 Å². The molecule has 2 rings (SSSR count). The van der Waals surface area contributed by atoms with E-state index in [0.717, 1.165) is 39.0 Å². The fraction of sp³-hybridized carbons (Fsp3) is 0.579. The Hall–Kier alpha value is -1.59. The van der Waals surface area contributed by atoms with Crippen molar-refractivity contribution in [3.8, 4) is 0 Å². The summed E-state index contributed by atoms with van der Waals surface area (Å²) in [6.07, 6.45) is 2.08. The molecule has 0 aliphatic carbocycles. The third-order valence-electron chi connectivity index (χ3n) is 4.76. The van der Waals surface area contributed by atoms with Gasteiger partial charge in [0.15, 0.2) is 0 Å². The number of amides is 2. The van der Waals surface area contributed by atoms with Gasteiger partial charge in [0, 0.05) is 37.8 Å². The molecule has 1 fully saturated rings. The molecule has 1 aromatic carbocycles. The molecule has 25 heavy (non-hydrogen) atoms. The van der Waals surface area contributed by atoms with Crippen molar-refractivity contribution in [2.24, 2.45) is 5.92 Å². The number of nitrogens with zero attached hydrogens (tertiary/aromatic N) is 2. The molecule has 1 heterocycles. The van der Waals surface area contributed by atoms with Gasteiger partial charge in [-0.05, 0) is 57.0 Å². The third kappa shape index (κ3) is 5.72. The maximum absolute atomic E-state index is 12.7. The molecule has 2 amide bonds. The van der Waals surface area contributed by atoms with Crippen LogP contribution in [0.1, 0.15) is 47.4 Å². The van der Waals surface area contributed by atoms with Crippen LogP contribution in [0.15, 0.2) is 24.3 Å². The van der Waals surface area contributed by atoms with Crippen molar-refractivity contribution in [1.29, 1.82) is 0 Å². The lowest BCUT2D eigenvalue weighted by atomic mass is 9.96. The van der Waals surface area contributed by atoms with Gasteiger partial charge in [-0.15, -0.1) is 12.4 Å². The molecule has 1 saturated heterocycles. The Morgan fingerprint density at radius 1 is 1.20 bits per heavy atom. The van der Waals surface area contributed by atoms with Gasteiger partial charge in [0.2, 0.25) is 0 Å². The Morgan fingerprint density at radius 3 is 2.44 bits per heavy atom. The van der Waals surface area contributed by atoms with Gasteiger partial charge in [0.25, 0.3) is 11.8 Å².